The van der Waals surface area contributed by atoms with Crippen LogP contribution in [0.1, 0.15) is 19.8 Å². The summed E-state index contributed by atoms with van der Waals surface area (Å²) in [4.78, 5) is 0. The quantitative estimate of drug-likeness (QED) is 0.505. The lowest BCUT2D eigenvalue weighted by Gasteiger charge is -2.00. The SMILES string of the molecule is C[C@@H]1C[C@H](O)[C@@H](F)C1. The van der Waals surface area contributed by atoms with E-state index in [1.807, 2.05) is 6.92 Å². The molecule has 1 nitrogen and oxygen atoms in total. The Bertz CT molecular complexity index is 74.6. The van der Waals surface area contributed by atoms with Gasteiger partial charge < -0.3 is 5.11 Å². The molecular weight excluding hydrogens is 107 g/mol. The van der Waals surface area contributed by atoms with E-state index < -0.39 is 12.3 Å². The van der Waals surface area contributed by atoms with Gasteiger partial charge in [0, 0.05) is 0 Å². The molecule has 0 spiro atoms. The average Bonchev–Trinajstić information content (AvgIpc) is 1.85. The van der Waals surface area contributed by atoms with Gasteiger partial charge in [0.2, 0.25) is 0 Å². The third-order valence-electron chi connectivity index (χ3n) is 1.69. The Morgan fingerprint density at radius 1 is 1.50 bits per heavy atom. The maximum absolute atomic E-state index is 12.3. The molecule has 1 rings (SSSR count). The molecule has 1 N–H and O–H groups in total. The van der Waals surface area contributed by atoms with Crippen LogP contribution in [0.4, 0.5) is 4.39 Å². The first-order valence-corrected chi connectivity index (χ1v) is 3.02. The van der Waals surface area contributed by atoms with Gasteiger partial charge in [-0.25, -0.2) is 4.39 Å². The van der Waals surface area contributed by atoms with Crippen molar-refractivity contribution in [3.8, 4) is 0 Å². The second-order valence-electron chi connectivity index (χ2n) is 2.66. The third-order valence-corrected chi connectivity index (χ3v) is 1.69. The zero-order chi connectivity index (χ0) is 6.15. The molecule has 1 saturated carbocycles. The molecule has 0 bridgehead atoms. The van der Waals surface area contributed by atoms with Gasteiger partial charge in [-0.3, -0.25) is 0 Å². The normalized spacial score (nSPS) is 47.6. The van der Waals surface area contributed by atoms with Crippen molar-refractivity contribution >= 4 is 0 Å². The standard InChI is InChI=1S/C6H11FO/c1-4-2-5(7)6(8)3-4/h4-6,8H,2-3H2,1H3/t4-,5-,6-/m0/s1. The summed E-state index contributed by atoms with van der Waals surface area (Å²) >= 11 is 0. The summed E-state index contributed by atoms with van der Waals surface area (Å²) in [6.45, 7) is 1.96. The number of hydrogen-bond acceptors (Lipinski definition) is 1. The van der Waals surface area contributed by atoms with Crippen LogP contribution in [-0.2, 0) is 0 Å². The highest BCUT2D eigenvalue weighted by molar-refractivity contribution is 4.80. The molecule has 8 heavy (non-hydrogen) atoms. The van der Waals surface area contributed by atoms with Crippen LogP contribution < -0.4 is 0 Å². The maximum atomic E-state index is 12.3. The number of halogens is 1. The Hall–Kier alpha value is -0.110. The van der Waals surface area contributed by atoms with E-state index in [0.717, 1.165) is 0 Å². The van der Waals surface area contributed by atoms with Crippen molar-refractivity contribution in [2.24, 2.45) is 5.92 Å². The second kappa shape index (κ2) is 2.02. The highest BCUT2D eigenvalue weighted by Crippen LogP contribution is 2.27. The van der Waals surface area contributed by atoms with Gasteiger partial charge in [0.25, 0.3) is 0 Å². The van der Waals surface area contributed by atoms with Crippen molar-refractivity contribution in [2.45, 2.75) is 32.0 Å². The van der Waals surface area contributed by atoms with Crippen molar-refractivity contribution in [3.63, 3.8) is 0 Å². The van der Waals surface area contributed by atoms with Crippen LogP contribution in [0.2, 0.25) is 0 Å². The largest absolute Gasteiger partial charge is 0.390 e. The van der Waals surface area contributed by atoms with Crippen molar-refractivity contribution < 1.29 is 9.50 Å². The number of hydrogen-bond donors (Lipinski definition) is 1. The molecule has 0 amide bonds. The highest BCUT2D eigenvalue weighted by atomic mass is 19.1. The van der Waals surface area contributed by atoms with Gasteiger partial charge >= 0.3 is 0 Å². The van der Waals surface area contributed by atoms with E-state index in [-0.39, 0.29) is 0 Å². The van der Waals surface area contributed by atoms with Crippen LogP contribution in [-0.4, -0.2) is 17.4 Å². The maximum Gasteiger partial charge on any atom is 0.126 e. The predicted octanol–water partition coefficient (Wildman–Crippen LogP) is 1.12. The minimum absolute atomic E-state index is 0.375. The molecule has 0 aromatic carbocycles. The Balaban J connectivity index is 2.39. The molecule has 0 radical (unpaired) electrons. The molecule has 1 aliphatic rings. The van der Waals surface area contributed by atoms with E-state index in [0.29, 0.717) is 18.8 Å². The summed E-state index contributed by atoms with van der Waals surface area (Å²) in [5.41, 5.74) is 0. The van der Waals surface area contributed by atoms with E-state index in [1.54, 1.807) is 0 Å². The fourth-order valence-corrected chi connectivity index (χ4v) is 1.20. The molecule has 0 unspecified atom stereocenters. The summed E-state index contributed by atoms with van der Waals surface area (Å²) in [6.07, 6.45) is -0.447. The summed E-state index contributed by atoms with van der Waals surface area (Å²) in [5.74, 6) is 0.375. The fraction of sp³-hybridized carbons (Fsp3) is 1.00. The molecule has 1 aliphatic carbocycles. The van der Waals surface area contributed by atoms with Crippen LogP contribution in [0.15, 0.2) is 0 Å². The van der Waals surface area contributed by atoms with Crippen molar-refractivity contribution in [3.05, 3.63) is 0 Å². The Kier molecular flexibility index (Phi) is 1.52. The zero-order valence-electron chi connectivity index (χ0n) is 4.97. The molecule has 2 heteroatoms. The molecule has 0 aliphatic heterocycles. The van der Waals surface area contributed by atoms with Gasteiger partial charge in [-0.05, 0) is 18.8 Å². The molecular formula is C6H11FO. The summed E-state index contributed by atoms with van der Waals surface area (Å²) < 4.78 is 12.3. The average molecular weight is 118 g/mol. The first kappa shape index (κ1) is 6.02. The lowest BCUT2D eigenvalue weighted by molar-refractivity contribution is 0.103. The molecule has 3 atom stereocenters. The summed E-state index contributed by atoms with van der Waals surface area (Å²) in [7, 11) is 0. The van der Waals surface area contributed by atoms with E-state index in [9.17, 15) is 4.39 Å². The van der Waals surface area contributed by atoms with Crippen molar-refractivity contribution in [1.29, 1.82) is 0 Å². The van der Waals surface area contributed by atoms with Crippen LogP contribution >= 0.6 is 0 Å². The monoisotopic (exact) mass is 118 g/mol. The van der Waals surface area contributed by atoms with Gasteiger partial charge in [0.1, 0.15) is 6.17 Å². The zero-order valence-corrected chi connectivity index (χ0v) is 4.97. The van der Waals surface area contributed by atoms with Gasteiger partial charge in [0.05, 0.1) is 6.10 Å². The summed E-state index contributed by atoms with van der Waals surface area (Å²) in [5, 5.41) is 8.79. The second-order valence-corrected chi connectivity index (χ2v) is 2.66. The van der Waals surface area contributed by atoms with E-state index in [4.69, 9.17) is 5.11 Å². The minimum atomic E-state index is -0.954. The van der Waals surface area contributed by atoms with Gasteiger partial charge in [-0.2, -0.15) is 0 Å². The number of rotatable bonds is 0. The smallest absolute Gasteiger partial charge is 0.126 e. The fourth-order valence-electron chi connectivity index (χ4n) is 1.20. The van der Waals surface area contributed by atoms with E-state index in [1.165, 1.54) is 0 Å². The van der Waals surface area contributed by atoms with Crippen molar-refractivity contribution in [1.82, 2.24) is 0 Å². The van der Waals surface area contributed by atoms with Crippen LogP contribution in [0, 0.1) is 5.92 Å². The topological polar surface area (TPSA) is 20.2 Å². The predicted molar refractivity (Wildman–Crippen MR) is 29.3 cm³/mol. The number of aliphatic hydroxyl groups is 1. The van der Waals surface area contributed by atoms with Gasteiger partial charge in [0.15, 0.2) is 0 Å². The third kappa shape index (κ3) is 0.996. The van der Waals surface area contributed by atoms with E-state index in [2.05, 4.69) is 0 Å². The molecule has 1 fully saturated rings. The van der Waals surface area contributed by atoms with Gasteiger partial charge in [-0.1, -0.05) is 6.92 Å². The molecule has 48 valence electrons. The number of aliphatic hydroxyl groups excluding tert-OH is 1. The molecule has 0 saturated heterocycles. The lowest BCUT2D eigenvalue weighted by atomic mass is 10.1. The Morgan fingerprint density at radius 2 is 2.12 bits per heavy atom. The lowest BCUT2D eigenvalue weighted by Crippen LogP contribution is -2.12. The van der Waals surface area contributed by atoms with Crippen molar-refractivity contribution in [2.75, 3.05) is 0 Å². The van der Waals surface area contributed by atoms with Crippen LogP contribution in [0.5, 0.6) is 0 Å². The number of alkyl halides is 1. The minimum Gasteiger partial charge on any atom is -0.390 e. The van der Waals surface area contributed by atoms with Crippen LogP contribution in [0.25, 0.3) is 0 Å². The molecule has 0 aromatic rings. The summed E-state index contributed by atoms with van der Waals surface area (Å²) in [6, 6.07) is 0. The van der Waals surface area contributed by atoms with Gasteiger partial charge in [-0.15, -0.1) is 0 Å². The van der Waals surface area contributed by atoms with Crippen LogP contribution in [0.3, 0.4) is 0 Å². The Labute approximate surface area is 48.5 Å². The Morgan fingerprint density at radius 3 is 2.25 bits per heavy atom. The highest BCUT2D eigenvalue weighted by Gasteiger charge is 2.29. The van der Waals surface area contributed by atoms with E-state index >= 15 is 0 Å². The first-order valence-electron chi connectivity index (χ1n) is 3.02. The molecule has 0 aromatic heterocycles. The first-order chi connectivity index (χ1) is 3.70. The molecule has 0 heterocycles.